The third kappa shape index (κ3) is 4.14. The second-order valence-corrected chi connectivity index (χ2v) is 5.70. The zero-order valence-corrected chi connectivity index (χ0v) is 14.4. The van der Waals surface area contributed by atoms with Crippen molar-refractivity contribution in [1.29, 1.82) is 0 Å². The molecule has 0 saturated carbocycles. The molecular formula is C17H26N2O4. The highest BCUT2D eigenvalue weighted by Gasteiger charge is 2.21. The van der Waals surface area contributed by atoms with Crippen molar-refractivity contribution in [3.05, 3.63) is 17.7 Å². The summed E-state index contributed by atoms with van der Waals surface area (Å²) in [6, 6.07) is 3.48. The van der Waals surface area contributed by atoms with Crippen molar-refractivity contribution in [2.24, 2.45) is 0 Å². The molecular weight excluding hydrogens is 296 g/mol. The molecule has 0 N–H and O–H groups in total. The molecule has 0 bridgehead atoms. The highest BCUT2D eigenvalue weighted by atomic mass is 16.5. The van der Waals surface area contributed by atoms with Gasteiger partial charge in [0, 0.05) is 39.1 Å². The van der Waals surface area contributed by atoms with Gasteiger partial charge in [-0.2, -0.15) is 0 Å². The van der Waals surface area contributed by atoms with E-state index in [1.165, 1.54) is 7.11 Å². The van der Waals surface area contributed by atoms with Crippen molar-refractivity contribution in [3.8, 4) is 17.2 Å². The highest BCUT2D eigenvalue weighted by molar-refractivity contribution is 6.00. The maximum absolute atomic E-state index is 12.6. The quantitative estimate of drug-likeness (QED) is 0.710. The lowest BCUT2D eigenvalue weighted by molar-refractivity contribution is 0.0938. The number of rotatable bonds is 7. The summed E-state index contributed by atoms with van der Waals surface area (Å²) >= 11 is 0. The van der Waals surface area contributed by atoms with Gasteiger partial charge in [0.2, 0.25) is 5.75 Å². The van der Waals surface area contributed by atoms with E-state index in [0.717, 1.165) is 32.7 Å². The minimum absolute atomic E-state index is 0.0572. The van der Waals surface area contributed by atoms with E-state index < -0.39 is 0 Å². The number of nitrogens with zero attached hydrogens (tertiary/aromatic N) is 2. The van der Waals surface area contributed by atoms with Gasteiger partial charge in [-0.25, -0.2) is 0 Å². The predicted octanol–water partition coefficient (Wildman–Crippen LogP) is 1.53. The first-order valence-corrected chi connectivity index (χ1v) is 7.83. The molecule has 6 heteroatoms. The molecule has 1 aromatic rings. The summed E-state index contributed by atoms with van der Waals surface area (Å²) < 4.78 is 16.0. The maximum Gasteiger partial charge on any atom is 0.204 e. The SMILES string of the molecule is COc1ccc(C(=O)CCN2CCN(C)CC2)c(OC)c1OC. The molecule has 1 heterocycles. The van der Waals surface area contributed by atoms with Gasteiger partial charge < -0.3 is 24.0 Å². The Morgan fingerprint density at radius 2 is 1.65 bits per heavy atom. The number of piperazine rings is 1. The van der Waals surface area contributed by atoms with Crippen LogP contribution in [0.15, 0.2) is 12.1 Å². The topological polar surface area (TPSA) is 51.2 Å². The second kappa shape index (κ2) is 8.17. The highest BCUT2D eigenvalue weighted by Crippen LogP contribution is 2.40. The van der Waals surface area contributed by atoms with E-state index in [0.29, 0.717) is 29.2 Å². The van der Waals surface area contributed by atoms with Gasteiger partial charge in [0.15, 0.2) is 17.3 Å². The lowest BCUT2D eigenvalue weighted by atomic mass is 10.1. The Morgan fingerprint density at radius 3 is 2.22 bits per heavy atom. The Hall–Kier alpha value is -1.79. The van der Waals surface area contributed by atoms with E-state index in [9.17, 15) is 4.79 Å². The number of likely N-dealkylation sites (N-methyl/N-ethyl adjacent to an activating group) is 1. The number of Topliss-reactive ketones (excluding diaryl/α,β-unsaturated/α-hetero) is 1. The van der Waals surface area contributed by atoms with Gasteiger partial charge in [0.05, 0.1) is 26.9 Å². The minimum atomic E-state index is 0.0572. The minimum Gasteiger partial charge on any atom is -0.493 e. The van der Waals surface area contributed by atoms with Crippen LogP contribution in [0.5, 0.6) is 17.2 Å². The Kier molecular flexibility index (Phi) is 6.24. The smallest absolute Gasteiger partial charge is 0.204 e. The number of benzene rings is 1. The van der Waals surface area contributed by atoms with Gasteiger partial charge in [-0.15, -0.1) is 0 Å². The number of carbonyl (C=O) groups excluding carboxylic acids is 1. The van der Waals surface area contributed by atoms with Gasteiger partial charge >= 0.3 is 0 Å². The van der Waals surface area contributed by atoms with Crippen LogP contribution in [0.2, 0.25) is 0 Å². The molecule has 2 rings (SSSR count). The van der Waals surface area contributed by atoms with E-state index in [1.807, 2.05) is 0 Å². The van der Waals surface area contributed by atoms with Gasteiger partial charge in [0.1, 0.15) is 0 Å². The van der Waals surface area contributed by atoms with Crippen molar-refractivity contribution in [1.82, 2.24) is 9.80 Å². The lowest BCUT2D eigenvalue weighted by Gasteiger charge is -2.32. The van der Waals surface area contributed by atoms with E-state index in [2.05, 4.69) is 16.8 Å². The Morgan fingerprint density at radius 1 is 1.00 bits per heavy atom. The van der Waals surface area contributed by atoms with Crippen LogP contribution < -0.4 is 14.2 Å². The zero-order chi connectivity index (χ0) is 16.8. The average molecular weight is 322 g/mol. The van der Waals surface area contributed by atoms with Crippen molar-refractivity contribution in [2.75, 3.05) is 61.1 Å². The largest absolute Gasteiger partial charge is 0.493 e. The summed E-state index contributed by atoms with van der Waals surface area (Å²) in [5.74, 6) is 1.51. The zero-order valence-electron chi connectivity index (χ0n) is 14.4. The molecule has 1 aliphatic rings. The standard InChI is InChI=1S/C17H26N2O4/c1-18-9-11-19(12-10-18)8-7-14(20)13-5-6-15(21-2)17(23-4)16(13)22-3/h5-6H,7-12H2,1-4H3. The number of hydrogen-bond acceptors (Lipinski definition) is 6. The molecule has 128 valence electrons. The second-order valence-electron chi connectivity index (χ2n) is 5.70. The monoisotopic (exact) mass is 322 g/mol. The Bertz CT molecular complexity index is 540. The average Bonchev–Trinajstić information content (AvgIpc) is 2.59. The van der Waals surface area contributed by atoms with Crippen LogP contribution in [0.3, 0.4) is 0 Å². The first-order valence-electron chi connectivity index (χ1n) is 7.83. The Labute approximate surface area is 137 Å². The van der Waals surface area contributed by atoms with Gasteiger partial charge in [-0.05, 0) is 19.2 Å². The summed E-state index contributed by atoms with van der Waals surface area (Å²) in [6.45, 7) is 4.88. The van der Waals surface area contributed by atoms with E-state index in [-0.39, 0.29) is 5.78 Å². The summed E-state index contributed by atoms with van der Waals surface area (Å²) in [5, 5.41) is 0. The van der Waals surface area contributed by atoms with Crippen LogP contribution in [0.1, 0.15) is 16.8 Å². The third-order valence-corrected chi connectivity index (χ3v) is 4.26. The van der Waals surface area contributed by atoms with Crippen LogP contribution in [0.25, 0.3) is 0 Å². The first kappa shape index (κ1) is 17.6. The number of carbonyl (C=O) groups is 1. The molecule has 1 aromatic carbocycles. The fourth-order valence-corrected chi connectivity index (χ4v) is 2.79. The van der Waals surface area contributed by atoms with Crippen molar-refractivity contribution in [3.63, 3.8) is 0 Å². The van der Waals surface area contributed by atoms with Crippen molar-refractivity contribution >= 4 is 5.78 Å². The molecule has 0 spiro atoms. The molecule has 1 aliphatic heterocycles. The molecule has 0 aromatic heterocycles. The molecule has 1 fully saturated rings. The van der Waals surface area contributed by atoms with E-state index >= 15 is 0 Å². The normalized spacial score (nSPS) is 16.2. The molecule has 0 unspecified atom stereocenters. The molecule has 0 atom stereocenters. The molecule has 0 radical (unpaired) electrons. The van der Waals surface area contributed by atoms with Gasteiger partial charge in [0.25, 0.3) is 0 Å². The summed E-state index contributed by atoms with van der Waals surface area (Å²) in [4.78, 5) is 17.2. The first-order chi connectivity index (χ1) is 11.1. The van der Waals surface area contributed by atoms with Crippen LogP contribution >= 0.6 is 0 Å². The molecule has 0 amide bonds. The van der Waals surface area contributed by atoms with Gasteiger partial charge in [-0.1, -0.05) is 0 Å². The van der Waals surface area contributed by atoms with Crippen LogP contribution in [0.4, 0.5) is 0 Å². The molecule has 1 saturated heterocycles. The fraction of sp³-hybridized carbons (Fsp3) is 0.588. The number of methoxy groups -OCH3 is 3. The van der Waals surface area contributed by atoms with E-state index in [4.69, 9.17) is 14.2 Å². The fourth-order valence-electron chi connectivity index (χ4n) is 2.79. The lowest BCUT2D eigenvalue weighted by Crippen LogP contribution is -2.45. The maximum atomic E-state index is 12.6. The van der Waals surface area contributed by atoms with Crippen molar-refractivity contribution < 1.29 is 19.0 Å². The number of hydrogen-bond donors (Lipinski definition) is 0. The predicted molar refractivity (Wildman–Crippen MR) is 89.0 cm³/mol. The van der Waals surface area contributed by atoms with Crippen LogP contribution in [-0.4, -0.2) is 76.7 Å². The van der Waals surface area contributed by atoms with Crippen LogP contribution in [0, 0.1) is 0 Å². The summed E-state index contributed by atoms with van der Waals surface area (Å²) in [5.41, 5.74) is 0.541. The molecule has 0 aliphatic carbocycles. The number of ketones is 1. The van der Waals surface area contributed by atoms with Crippen LogP contribution in [-0.2, 0) is 0 Å². The Balaban J connectivity index is 2.07. The van der Waals surface area contributed by atoms with Crippen molar-refractivity contribution in [2.45, 2.75) is 6.42 Å². The molecule has 23 heavy (non-hydrogen) atoms. The third-order valence-electron chi connectivity index (χ3n) is 4.26. The summed E-state index contributed by atoms with van der Waals surface area (Å²) in [7, 11) is 6.76. The number of ether oxygens (including phenoxy) is 3. The summed E-state index contributed by atoms with van der Waals surface area (Å²) in [6.07, 6.45) is 0.468. The van der Waals surface area contributed by atoms with E-state index in [1.54, 1.807) is 26.4 Å². The van der Waals surface area contributed by atoms with Gasteiger partial charge in [-0.3, -0.25) is 4.79 Å². The molecule has 6 nitrogen and oxygen atoms in total.